The number of nitriles is 1. The van der Waals surface area contributed by atoms with Gasteiger partial charge in [0.15, 0.2) is 0 Å². The predicted octanol–water partition coefficient (Wildman–Crippen LogP) is 3.71. The van der Waals surface area contributed by atoms with Gasteiger partial charge in [0.2, 0.25) is 17.5 Å². The highest BCUT2D eigenvalue weighted by molar-refractivity contribution is 5.67. The van der Waals surface area contributed by atoms with Gasteiger partial charge < -0.3 is 9.32 Å². The first kappa shape index (κ1) is 13.4. The number of piperidine rings is 1. The first-order valence-corrected chi connectivity index (χ1v) is 7.26. The third kappa shape index (κ3) is 3.14. The van der Waals surface area contributed by atoms with Crippen molar-refractivity contribution in [3.05, 3.63) is 47.5 Å². The minimum absolute atomic E-state index is 0.379. The second-order valence-electron chi connectivity index (χ2n) is 5.11. The molecule has 2 heterocycles. The van der Waals surface area contributed by atoms with Crippen LogP contribution in [0.4, 0.5) is 5.88 Å². The molecule has 106 valence electrons. The number of anilines is 1. The zero-order valence-corrected chi connectivity index (χ0v) is 11.8. The van der Waals surface area contributed by atoms with Gasteiger partial charge >= 0.3 is 0 Å². The zero-order valence-electron chi connectivity index (χ0n) is 11.8. The topological polar surface area (TPSA) is 53.1 Å². The minimum Gasteiger partial charge on any atom is -0.420 e. The van der Waals surface area contributed by atoms with E-state index in [-0.39, 0.29) is 0 Å². The van der Waals surface area contributed by atoms with E-state index in [0.29, 0.717) is 17.5 Å². The van der Waals surface area contributed by atoms with Crippen LogP contribution in [-0.2, 0) is 0 Å². The van der Waals surface area contributed by atoms with Gasteiger partial charge in [0, 0.05) is 19.2 Å². The Morgan fingerprint density at radius 3 is 2.57 bits per heavy atom. The monoisotopic (exact) mass is 279 g/mol. The maximum atomic E-state index is 9.22. The van der Waals surface area contributed by atoms with Crippen LogP contribution in [0.2, 0.25) is 0 Å². The summed E-state index contributed by atoms with van der Waals surface area (Å²) in [6, 6.07) is 12.1. The molecule has 0 N–H and O–H groups in total. The van der Waals surface area contributed by atoms with E-state index in [1.54, 1.807) is 0 Å². The summed E-state index contributed by atoms with van der Waals surface area (Å²) >= 11 is 0. The van der Waals surface area contributed by atoms with Gasteiger partial charge in [-0.3, -0.25) is 0 Å². The Bertz CT molecular complexity index is 661. The second kappa shape index (κ2) is 6.27. The van der Waals surface area contributed by atoms with Crippen molar-refractivity contribution in [3.63, 3.8) is 0 Å². The Hall–Kier alpha value is -2.54. The molecule has 1 aromatic heterocycles. The molecule has 0 atom stereocenters. The van der Waals surface area contributed by atoms with Gasteiger partial charge in [-0.15, -0.1) is 0 Å². The van der Waals surface area contributed by atoms with E-state index in [4.69, 9.17) is 4.42 Å². The molecule has 21 heavy (non-hydrogen) atoms. The second-order valence-corrected chi connectivity index (χ2v) is 5.11. The molecule has 4 nitrogen and oxygen atoms in total. The van der Waals surface area contributed by atoms with Crippen molar-refractivity contribution in [2.45, 2.75) is 19.3 Å². The molecular weight excluding hydrogens is 262 g/mol. The van der Waals surface area contributed by atoms with Gasteiger partial charge in [0.05, 0.1) is 0 Å². The first-order valence-electron chi connectivity index (χ1n) is 7.26. The molecular formula is C17H17N3O. The van der Waals surface area contributed by atoms with Gasteiger partial charge in [-0.25, -0.2) is 0 Å². The van der Waals surface area contributed by atoms with E-state index in [2.05, 4.69) is 16.0 Å². The van der Waals surface area contributed by atoms with Crippen LogP contribution >= 0.6 is 0 Å². The molecule has 0 amide bonds. The van der Waals surface area contributed by atoms with E-state index in [9.17, 15) is 5.26 Å². The molecule has 3 rings (SSSR count). The zero-order chi connectivity index (χ0) is 14.5. The van der Waals surface area contributed by atoms with Crippen LogP contribution in [0, 0.1) is 11.3 Å². The smallest absolute Gasteiger partial charge is 0.235 e. The lowest BCUT2D eigenvalue weighted by Crippen LogP contribution is -2.29. The van der Waals surface area contributed by atoms with E-state index >= 15 is 0 Å². The first-order chi connectivity index (χ1) is 10.4. The van der Waals surface area contributed by atoms with Gasteiger partial charge in [-0.2, -0.15) is 10.2 Å². The molecule has 2 aromatic rings. The maximum Gasteiger partial charge on any atom is 0.235 e. The van der Waals surface area contributed by atoms with Crippen LogP contribution < -0.4 is 4.90 Å². The van der Waals surface area contributed by atoms with Crippen molar-refractivity contribution in [1.82, 2.24) is 4.98 Å². The van der Waals surface area contributed by atoms with Crippen LogP contribution in [0.5, 0.6) is 0 Å². The highest BCUT2D eigenvalue weighted by atomic mass is 16.4. The fourth-order valence-electron chi connectivity index (χ4n) is 2.52. The van der Waals surface area contributed by atoms with Gasteiger partial charge in [0.25, 0.3) is 0 Å². The fraction of sp³-hybridized carbons (Fsp3) is 0.294. The lowest BCUT2D eigenvalue weighted by molar-refractivity contribution is 0.492. The van der Waals surface area contributed by atoms with Crippen molar-refractivity contribution in [3.8, 4) is 6.07 Å². The SMILES string of the molecule is N#Cc1nc(/C=C/c2ccccc2)oc1N1CCCCC1. The third-order valence-electron chi connectivity index (χ3n) is 3.59. The molecule has 0 spiro atoms. The molecule has 0 radical (unpaired) electrons. The summed E-state index contributed by atoms with van der Waals surface area (Å²) < 4.78 is 5.77. The number of hydrogen-bond acceptors (Lipinski definition) is 4. The number of benzene rings is 1. The summed E-state index contributed by atoms with van der Waals surface area (Å²) in [5.41, 5.74) is 1.46. The normalized spacial score (nSPS) is 15.3. The molecule has 1 fully saturated rings. The summed E-state index contributed by atoms with van der Waals surface area (Å²) in [4.78, 5) is 6.38. The minimum atomic E-state index is 0.379. The quantitative estimate of drug-likeness (QED) is 0.859. The largest absolute Gasteiger partial charge is 0.420 e. The van der Waals surface area contributed by atoms with Crippen molar-refractivity contribution in [1.29, 1.82) is 5.26 Å². The summed E-state index contributed by atoms with van der Waals surface area (Å²) in [6.45, 7) is 1.87. The molecule has 0 unspecified atom stereocenters. The van der Waals surface area contributed by atoms with E-state index in [0.717, 1.165) is 31.5 Å². The van der Waals surface area contributed by atoms with Gasteiger partial charge in [0.1, 0.15) is 6.07 Å². The van der Waals surface area contributed by atoms with Crippen LogP contribution in [-0.4, -0.2) is 18.1 Å². The summed E-state index contributed by atoms with van der Waals surface area (Å²) in [7, 11) is 0. The molecule has 4 heteroatoms. The maximum absolute atomic E-state index is 9.22. The van der Waals surface area contributed by atoms with Crippen LogP contribution in [0.15, 0.2) is 34.7 Å². The van der Waals surface area contributed by atoms with Crippen molar-refractivity contribution >= 4 is 18.0 Å². The number of oxazole rings is 1. The Morgan fingerprint density at radius 1 is 1.10 bits per heavy atom. The summed E-state index contributed by atoms with van der Waals surface area (Å²) in [6.07, 6.45) is 7.27. The Morgan fingerprint density at radius 2 is 1.86 bits per heavy atom. The number of rotatable bonds is 3. The molecule has 1 saturated heterocycles. The summed E-state index contributed by atoms with van der Waals surface area (Å²) in [5.74, 6) is 1.10. The van der Waals surface area contributed by atoms with Gasteiger partial charge in [-0.1, -0.05) is 30.3 Å². The molecule has 1 aliphatic rings. The number of aromatic nitrogens is 1. The van der Waals surface area contributed by atoms with Crippen LogP contribution in [0.1, 0.15) is 36.4 Å². The van der Waals surface area contributed by atoms with E-state index < -0.39 is 0 Å². The Labute approximate surface area is 124 Å². The molecule has 1 aliphatic heterocycles. The number of nitrogens with zero attached hydrogens (tertiary/aromatic N) is 3. The van der Waals surface area contributed by atoms with Crippen molar-refractivity contribution in [2.75, 3.05) is 18.0 Å². The molecule has 1 aromatic carbocycles. The average molecular weight is 279 g/mol. The van der Waals surface area contributed by atoms with Crippen LogP contribution in [0.3, 0.4) is 0 Å². The molecule has 0 saturated carbocycles. The Kier molecular flexibility index (Phi) is 4.02. The highest BCUT2D eigenvalue weighted by Gasteiger charge is 2.20. The predicted molar refractivity (Wildman–Crippen MR) is 82.7 cm³/mol. The standard InChI is InChI=1S/C17H17N3O/c18-13-15-17(20-11-5-2-6-12-20)21-16(19-15)10-9-14-7-3-1-4-8-14/h1,3-4,7-10H,2,5-6,11-12H2/b10-9+. The van der Waals surface area contributed by atoms with E-state index in [1.807, 2.05) is 42.5 Å². The van der Waals surface area contributed by atoms with Crippen molar-refractivity contribution < 1.29 is 4.42 Å². The highest BCUT2D eigenvalue weighted by Crippen LogP contribution is 2.25. The number of hydrogen-bond donors (Lipinski definition) is 0. The molecule has 0 aliphatic carbocycles. The van der Waals surface area contributed by atoms with Crippen molar-refractivity contribution in [2.24, 2.45) is 0 Å². The lowest BCUT2D eigenvalue weighted by atomic mass is 10.1. The average Bonchev–Trinajstić information content (AvgIpc) is 2.98. The fourth-order valence-corrected chi connectivity index (χ4v) is 2.52. The summed E-state index contributed by atoms with van der Waals surface area (Å²) in [5, 5.41) is 9.22. The lowest BCUT2D eigenvalue weighted by Gasteiger charge is -2.25. The third-order valence-corrected chi connectivity index (χ3v) is 3.59. The molecule has 0 bridgehead atoms. The Balaban J connectivity index is 1.82. The van der Waals surface area contributed by atoms with E-state index in [1.165, 1.54) is 6.42 Å². The van der Waals surface area contributed by atoms with Gasteiger partial charge in [-0.05, 0) is 30.9 Å². The van der Waals surface area contributed by atoms with Crippen LogP contribution in [0.25, 0.3) is 12.2 Å².